The van der Waals surface area contributed by atoms with Gasteiger partial charge in [0.05, 0.1) is 23.6 Å². The highest BCUT2D eigenvalue weighted by Crippen LogP contribution is 2.23. The summed E-state index contributed by atoms with van der Waals surface area (Å²) in [6.07, 6.45) is 10.7. The average molecular weight is 436 g/mol. The summed E-state index contributed by atoms with van der Waals surface area (Å²) in [5, 5.41) is 7.79. The lowest BCUT2D eigenvalue weighted by atomic mass is 10.1. The van der Waals surface area contributed by atoms with Gasteiger partial charge in [0, 0.05) is 48.2 Å². The van der Waals surface area contributed by atoms with Crippen LogP contribution in [-0.4, -0.2) is 40.8 Å². The van der Waals surface area contributed by atoms with E-state index in [1.165, 1.54) is 6.20 Å². The first-order chi connectivity index (χ1) is 16.1. The maximum absolute atomic E-state index is 11.3. The van der Waals surface area contributed by atoms with Gasteiger partial charge < -0.3 is 5.32 Å². The molecule has 0 atom stereocenters. The van der Waals surface area contributed by atoms with Gasteiger partial charge in [0.2, 0.25) is 5.95 Å². The molecule has 0 unspecified atom stereocenters. The van der Waals surface area contributed by atoms with Crippen molar-refractivity contribution < 1.29 is 4.79 Å². The molecule has 1 N–H and O–H groups in total. The van der Waals surface area contributed by atoms with Crippen LogP contribution in [0, 0.1) is 13.8 Å². The lowest BCUT2D eigenvalue weighted by Crippen LogP contribution is -2.06. The van der Waals surface area contributed by atoms with Crippen LogP contribution in [0.3, 0.4) is 0 Å². The molecule has 5 aromatic heterocycles. The number of nitrogens with one attached hydrogen (secondary N) is 1. The van der Waals surface area contributed by atoms with Crippen LogP contribution in [0.5, 0.6) is 0 Å². The Morgan fingerprint density at radius 3 is 2.58 bits per heavy atom. The van der Waals surface area contributed by atoms with Gasteiger partial charge >= 0.3 is 0 Å². The Bertz CT molecular complexity index is 1480. The largest absolute Gasteiger partial charge is 0.350 e. The van der Waals surface area contributed by atoms with Crippen molar-refractivity contribution in [1.82, 2.24) is 34.5 Å². The summed E-state index contributed by atoms with van der Waals surface area (Å²) in [5.41, 5.74) is 7.32. The Labute approximate surface area is 189 Å². The van der Waals surface area contributed by atoms with Crippen molar-refractivity contribution >= 4 is 17.8 Å². The molecule has 9 heteroatoms. The van der Waals surface area contributed by atoms with Crippen molar-refractivity contribution in [2.75, 3.05) is 5.32 Å². The SMILES string of the molecule is Cc1cc(-c2ncc(CNc3ncc4cc(-c5nccnc5C=O)cnn34)cc2C)ccn1. The van der Waals surface area contributed by atoms with Gasteiger partial charge in [0.1, 0.15) is 11.4 Å². The fourth-order valence-electron chi connectivity index (χ4n) is 3.71. The first-order valence-electron chi connectivity index (χ1n) is 10.3. The number of nitrogens with zero attached hydrogens (tertiary/aromatic N) is 7. The molecule has 5 heterocycles. The minimum Gasteiger partial charge on any atom is -0.350 e. The van der Waals surface area contributed by atoms with Gasteiger partial charge in [-0.25, -0.2) is 9.97 Å². The Kier molecular flexibility index (Phi) is 5.27. The van der Waals surface area contributed by atoms with E-state index in [0.717, 1.165) is 33.6 Å². The molecule has 9 nitrogen and oxygen atoms in total. The van der Waals surface area contributed by atoms with Gasteiger partial charge in [-0.15, -0.1) is 0 Å². The molecule has 162 valence electrons. The minimum absolute atomic E-state index is 0.273. The summed E-state index contributed by atoms with van der Waals surface area (Å²) in [7, 11) is 0. The van der Waals surface area contributed by atoms with E-state index in [1.54, 1.807) is 29.3 Å². The minimum atomic E-state index is 0.273. The number of carbonyl (C=O) groups excluding carboxylic acids is 1. The molecule has 0 radical (unpaired) electrons. The van der Waals surface area contributed by atoms with Crippen LogP contribution in [0.15, 0.2) is 61.4 Å². The summed E-state index contributed by atoms with van der Waals surface area (Å²) in [5.74, 6) is 0.609. The van der Waals surface area contributed by atoms with Crippen LogP contribution >= 0.6 is 0 Å². The van der Waals surface area contributed by atoms with Crippen molar-refractivity contribution in [3.05, 3.63) is 84.0 Å². The lowest BCUT2D eigenvalue weighted by Gasteiger charge is -2.10. The number of fused-ring (bicyclic) bond motifs is 1. The first kappa shape index (κ1) is 20.4. The molecule has 0 fully saturated rings. The molecule has 0 aliphatic carbocycles. The third-order valence-electron chi connectivity index (χ3n) is 5.25. The zero-order valence-corrected chi connectivity index (χ0v) is 18.1. The van der Waals surface area contributed by atoms with E-state index in [4.69, 9.17) is 0 Å². The standard InChI is InChI=1S/C24H20N8O/c1-15-7-17(10-28-22(15)18-3-4-25-16(2)8-18)11-29-24-30-13-20-9-19(12-31-32(20)24)23-21(14-33)26-5-6-27-23/h3-10,12-14H,11H2,1-2H3,(H,29,30). The van der Waals surface area contributed by atoms with Crippen LogP contribution in [0.25, 0.3) is 28.0 Å². The second kappa shape index (κ2) is 8.54. The summed E-state index contributed by atoms with van der Waals surface area (Å²) in [4.78, 5) is 32.9. The molecule has 0 saturated heterocycles. The van der Waals surface area contributed by atoms with E-state index in [1.807, 2.05) is 31.3 Å². The monoisotopic (exact) mass is 436 g/mol. The quantitative estimate of drug-likeness (QED) is 0.401. The van der Waals surface area contributed by atoms with E-state index in [9.17, 15) is 4.79 Å². The van der Waals surface area contributed by atoms with E-state index >= 15 is 0 Å². The zero-order valence-electron chi connectivity index (χ0n) is 18.1. The van der Waals surface area contributed by atoms with Crippen molar-refractivity contribution in [1.29, 1.82) is 0 Å². The molecule has 0 amide bonds. The number of hydrogen-bond acceptors (Lipinski definition) is 8. The van der Waals surface area contributed by atoms with E-state index in [2.05, 4.69) is 48.3 Å². The van der Waals surface area contributed by atoms with Crippen LogP contribution < -0.4 is 5.32 Å². The number of imidazole rings is 1. The van der Waals surface area contributed by atoms with Gasteiger partial charge in [0.25, 0.3) is 0 Å². The molecule has 0 saturated carbocycles. The Morgan fingerprint density at radius 1 is 0.879 bits per heavy atom. The molecule has 0 bridgehead atoms. The predicted molar refractivity (Wildman–Crippen MR) is 124 cm³/mol. The third kappa shape index (κ3) is 4.03. The van der Waals surface area contributed by atoms with Crippen LogP contribution in [0.2, 0.25) is 0 Å². The Balaban J connectivity index is 1.36. The number of hydrogen-bond donors (Lipinski definition) is 1. The van der Waals surface area contributed by atoms with Gasteiger partial charge in [-0.1, -0.05) is 6.07 Å². The van der Waals surface area contributed by atoms with Crippen molar-refractivity contribution in [2.24, 2.45) is 0 Å². The van der Waals surface area contributed by atoms with Gasteiger partial charge in [-0.2, -0.15) is 9.61 Å². The topological polar surface area (TPSA) is 111 Å². The van der Waals surface area contributed by atoms with E-state index in [-0.39, 0.29) is 5.69 Å². The number of rotatable bonds is 6. The number of pyridine rings is 2. The predicted octanol–water partition coefficient (Wildman–Crippen LogP) is 3.68. The molecule has 5 rings (SSSR count). The number of aromatic nitrogens is 7. The second-order valence-electron chi connectivity index (χ2n) is 7.62. The fourth-order valence-corrected chi connectivity index (χ4v) is 3.71. The molecular weight excluding hydrogens is 416 g/mol. The van der Waals surface area contributed by atoms with Crippen molar-refractivity contribution in [2.45, 2.75) is 20.4 Å². The van der Waals surface area contributed by atoms with Crippen molar-refractivity contribution in [3.8, 4) is 22.5 Å². The molecule has 0 aromatic carbocycles. The number of anilines is 1. The highest BCUT2D eigenvalue weighted by molar-refractivity contribution is 5.83. The second-order valence-corrected chi connectivity index (χ2v) is 7.62. The highest BCUT2D eigenvalue weighted by atomic mass is 16.1. The van der Waals surface area contributed by atoms with Crippen molar-refractivity contribution in [3.63, 3.8) is 0 Å². The maximum atomic E-state index is 11.3. The fraction of sp³-hybridized carbons (Fsp3) is 0.125. The number of carbonyl (C=O) groups is 1. The zero-order chi connectivity index (χ0) is 22.8. The number of aryl methyl sites for hydroxylation is 2. The van der Waals surface area contributed by atoms with Gasteiger partial charge in [0.15, 0.2) is 6.29 Å². The molecular formula is C24H20N8O. The van der Waals surface area contributed by atoms with Crippen LogP contribution in [0.4, 0.5) is 5.95 Å². The third-order valence-corrected chi connectivity index (χ3v) is 5.25. The summed E-state index contributed by atoms with van der Waals surface area (Å²) in [6.45, 7) is 4.57. The van der Waals surface area contributed by atoms with Gasteiger partial charge in [-0.3, -0.25) is 19.7 Å². The average Bonchev–Trinajstić information content (AvgIpc) is 3.25. The van der Waals surface area contributed by atoms with Crippen LogP contribution in [0.1, 0.15) is 27.3 Å². The summed E-state index contributed by atoms with van der Waals surface area (Å²) in [6, 6.07) is 7.99. The Morgan fingerprint density at radius 2 is 1.76 bits per heavy atom. The maximum Gasteiger partial charge on any atom is 0.224 e. The van der Waals surface area contributed by atoms with Gasteiger partial charge in [-0.05, 0) is 43.2 Å². The van der Waals surface area contributed by atoms with Crippen LogP contribution in [-0.2, 0) is 6.54 Å². The smallest absolute Gasteiger partial charge is 0.224 e. The number of aldehydes is 1. The molecule has 5 aromatic rings. The molecule has 33 heavy (non-hydrogen) atoms. The Hall–Kier alpha value is -4.53. The summed E-state index contributed by atoms with van der Waals surface area (Å²) < 4.78 is 1.70. The molecule has 0 spiro atoms. The van der Waals surface area contributed by atoms with E-state index < -0.39 is 0 Å². The molecule has 0 aliphatic heterocycles. The summed E-state index contributed by atoms with van der Waals surface area (Å²) >= 11 is 0. The normalized spacial score (nSPS) is 11.0. The first-order valence-corrected chi connectivity index (χ1v) is 10.3. The lowest BCUT2D eigenvalue weighted by molar-refractivity contribution is 0.111. The van der Waals surface area contributed by atoms with E-state index in [0.29, 0.717) is 30.0 Å². The highest BCUT2D eigenvalue weighted by Gasteiger charge is 2.12. The molecule has 0 aliphatic rings.